The number of aromatic nitrogens is 3. The van der Waals surface area contributed by atoms with Crippen molar-refractivity contribution in [2.75, 3.05) is 11.9 Å². The summed E-state index contributed by atoms with van der Waals surface area (Å²) in [5.41, 5.74) is 2.77. The van der Waals surface area contributed by atoms with Crippen molar-refractivity contribution in [2.24, 2.45) is 0 Å². The summed E-state index contributed by atoms with van der Waals surface area (Å²) in [5.74, 6) is 0. The van der Waals surface area contributed by atoms with Gasteiger partial charge in [-0.1, -0.05) is 12.1 Å². The van der Waals surface area contributed by atoms with Gasteiger partial charge >= 0.3 is 6.03 Å². The summed E-state index contributed by atoms with van der Waals surface area (Å²) in [6.45, 7) is 3.41. The van der Waals surface area contributed by atoms with Crippen LogP contribution >= 0.6 is 11.3 Å². The third-order valence-electron chi connectivity index (χ3n) is 3.42. The number of benzene rings is 1. The molecule has 0 aliphatic heterocycles. The number of imidazole rings is 1. The minimum atomic E-state index is -0.201. The average molecular weight is 341 g/mol. The summed E-state index contributed by atoms with van der Waals surface area (Å²) >= 11 is 1.60. The van der Waals surface area contributed by atoms with Crippen LogP contribution < -0.4 is 10.6 Å². The van der Waals surface area contributed by atoms with E-state index in [9.17, 15) is 4.79 Å². The van der Waals surface area contributed by atoms with Crippen LogP contribution in [-0.4, -0.2) is 27.1 Å². The second-order valence-electron chi connectivity index (χ2n) is 5.41. The Labute approximate surface area is 144 Å². The van der Waals surface area contributed by atoms with Gasteiger partial charge in [0.05, 0.1) is 6.33 Å². The molecule has 124 valence electrons. The average Bonchev–Trinajstić information content (AvgIpc) is 3.23. The first-order valence-electron chi connectivity index (χ1n) is 7.74. The zero-order valence-electron chi connectivity index (χ0n) is 13.4. The number of hydrogen-bond donors (Lipinski definition) is 2. The molecule has 3 rings (SSSR count). The van der Waals surface area contributed by atoms with Crippen molar-refractivity contribution in [1.29, 1.82) is 0 Å². The van der Waals surface area contributed by atoms with Crippen LogP contribution in [0.1, 0.15) is 12.1 Å². The molecule has 2 N–H and O–H groups in total. The van der Waals surface area contributed by atoms with Crippen LogP contribution in [0.15, 0.2) is 48.4 Å². The van der Waals surface area contributed by atoms with Gasteiger partial charge in [0.2, 0.25) is 0 Å². The van der Waals surface area contributed by atoms with Gasteiger partial charge in [0.15, 0.2) is 0 Å². The van der Waals surface area contributed by atoms with Crippen LogP contribution in [0.4, 0.5) is 10.5 Å². The third kappa shape index (κ3) is 4.42. The van der Waals surface area contributed by atoms with Crippen LogP contribution in [0.3, 0.4) is 0 Å². The molecule has 0 atom stereocenters. The Morgan fingerprint density at radius 1 is 1.38 bits per heavy atom. The number of aryl methyl sites for hydroxylation is 2. The van der Waals surface area contributed by atoms with E-state index in [2.05, 4.69) is 20.6 Å². The Bertz CT molecular complexity index is 797. The predicted molar refractivity (Wildman–Crippen MR) is 96.2 cm³/mol. The van der Waals surface area contributed by atoms with E-state index in [1.807, 2.05) is 47.3 Å². The van der Waals surface area contributed by atoms with Crippen molar-refractivity contribution in [1.82, 2.24) is 19.9 Å². The highest BCUT2D eigenvalue weighted by atomic mass is 32.1. The van der Waals surface area contributed by atoms with E-state index in [0.717, 1.165) is 34.9 Å². The zero-order chi connectivity index (χ0) is 16.8. The molecule has 0 saturated heterocycles. The normalized spacial score (nSPS) is 10.5. The molecule has 24 heavy (non-hydrogen) atoms. The number of urea groups is 1. The first kappa shape index (κ1) is 16.2. The molecule has 3 aromatic rings. The van der Waals surface area contributed by atoms with E-state index in [1.54, 1.807) is 23.9 Å². The molecular formula is C17H19N5OS. The van der Waals surface area contributed by atoms with Crippen LogP contribution in [0, 0.1) is 6.92 Å². The Hall–Kier alpha value is -2.67. The molecule has 0 spiro atoms. The van der Waals surface area contributed by atoms with Gasteiger partial charge in [0.1, 0.15) is 5.01 Å². The minimum absolute atomic E-state index is 0.201. The van der Waals surface area contributed by atoms with Crippen molar-refractivity contribution in [3.63, 3.8) is 0 Å². The Balaban J connectivity index is 1.49. The summed E-state index contributed by atoms with van der Waals surface area (Å²) in [6.07, 6.45) is 6.27. The lowest BCUT2D eigenvalue weighted by atomic mass is 10.2. The van der Waals surface area contributed by atoms with Gasteiger partial charge in [0.25, 0.3) is 0 Å². The maximum Gasteiger partial charge on any atom is 0.319 e. The number of amides is 2. The topological polar surface area (TPSA) is 71.8 Å². The van der Waals surface area contributed by atoms with E-state index in [4.69, 9.17) is 0 Å². The van der Waals surface area contributed by atoms with E-state index >= 15 is 0 Å². The van der Waals surface area contributed by atoms with Gasteiger partial charge in [-0.3, -0.25) is 0 Å². The maximum absolute atomic E-state index is 12.0. The van der Waals surface area contributed by atoms with Crippen LogP contribution in [-0.2, 0) is 6.54 Å². The third-order valence-corrected chi connectivity index (χ3v) is 4.43. The molecule has 0 unspecified atom stereocenters. The summed E-state index contributed by atoms with van der Waals surface area (Å²) in [5, 5.41) is 8.69. The Morgan fingerprint density at radius 2 is 2.29 bits per heavy atom. The standard InChI is InChI=1S/C17H19N5OS/c1-13-11-24-16(20-13)14-4-2-5-15(10-14)21-17(23)19-6-3-8-22-9-7-18-12-22/h2,4-5,7,9-12H,3,6,8H2,1H3,(H2,19,21,23). The lowest BCUT2D eigenvalue weighted by Crippen LogP contribution is -2.30. The number of carbonyl (C=O) groups is 1. The first-order chi connectivity index (χ1) is 11.7. The molecule has 0 aliphatic carbocycles. The van der Waals surface area contributed by atoms with Crippen molar-refractivity contribution in [2.45, 2.75) is 19.9 Å². The Morgan fingerprint density at radius 3 is 3.04 bits per heavy atom. The van der Waals surface area contributed by atoms with E-state index in [0.29, 0.717) is 6.54 Å². The van der Waals surface area contributed by atoms with Gasteiger partial charge in [-0.05, 0) is 25.5 Å². The van der Waals surface area contributed by atoms with Crippen LogP contribution in [0.5, 0.6) is 0 Å². The molecule has 0 fully saturated rings. The van der Waals surface area contributed by atoms with Gasteiger partial charge in [-0.25, -0.2) is 14.8 Å². The number of nitrogens with one attached hydrogen (secondary N) is 2. The fourth-order valence-corrected chi connectivity index (χ4v) is 3.07. The predicted octanol–water partition coefficient (Wildman–Crippen LogP) is 3.53. The zero-order valence-corrected chi connectivity index (χ0v) is 14.2. The summed E-state index contributed by atoms with van der Waals surface area (Å²) < 4.78 is 1.99. The summed E-state index contributed by atoms with van der Waals surface area (Å²) in [6, 6.07) is 7.51. The molecule has 6 nitrogen and oxygen atoms in total. The molecule has 2 aromatic heterocycles. The molecular weight excluding hydrogens is 322 g/mol. The fraction of sp³-hybridized carbons (Fsp3) is 0.235. The minimum Gasteiger partial charge on any atom is -0.338 e. The van der Waals surface area contributed by atoms with Crippen molar-refractivity contribution >= 4 is 23.1 Å². The number of nitrogens with zero attached hydrogens (tertiary/aromatic N) is 3. The van der Waals surface area contributed by atoms with Gasteiger partial charge in [-0.2, -0.15) is 0 Å². The fourth-order valence-electron chi connectivity index (χ4n) is 2.27. The maximum atomic E-state index is 12.0. The number of hydrogen-bond acceptors (Lipinski definition) is 4. The smallest absolute Gasteiger partial charge is 0.319 e. The number of thiazole rings is 1. The molecule has 0 saturated carbocycles. The lowest BCUT2D eigenvalue weighted by Gasteiger charge is -2.08. The quantitative estimate of drug-likeness (QED) is 0.674. The highest BCUT2D eigenvalue weighted by Gasteiger charge is 2.05. The van der Waals surface area contributed by atoms with Crippen molar-refractivity contribution in [3.8, 4) is 10.6 Å². The molecule has 1 aromatic carbocycles. The summed E-state index contributed by atoms with van der Waals surface area (Å²) in [4.78, 5) is 20.4. The highest BCUT2D eigenvalue weighted by molar-refractivity contribution is 7.13. The lowest BCUT2D eigenvalue weighted by molar-refractivity contribution is 0.252. The van der Waals surface area contributed by atoms with Crippen molar-refractivity contribution < 1.29 is 4.79 Å². The van der Waals surface area contributed by atoms with Gasteiger partial charge in [-0.15, -0.1) is 11.3 Å². The largest absolute Gasteiger partial charge is 0.338 e. The second-order valence-corrected chi connectivity index (χ2v) is 6.27. The SMILES string of the molecule is Cc1csc(-c2cccc(NC(=O)NCCCn3ccnc3)c2)n1. The number of carbonyl (C=O) groups excluding carboxylic acids is 1. The molecule has 2 amide bonds. The van der Waals surface area contributed by atoms with Crippen LogP contribution in [0.2, 0.25) is 0 Å². The number of rotatable bonds is 6. The molecule has 7 heteroatoms. The molecule has 0 aliphatic rings. The van der Waals surface area contributed by atoms with E-state index in [1.165, 1.54) is 0 Å². The van der Waals surface area contributed by atoms with E-state index < -0.39 is 0 Å². The van der Waals surface area contributed by atoms with E-state index in [-0.39, 0.29) is 6.03 Å². The van der Waals surface area contributed by atoms with Gasteiger partial charge < -0.3 is 15.2 Å². The first-order valence-corrected chi connectivity index (χ1v) is 8.62. The number of anilines is 1. The highest BCUT2D eigenvalue weighted by Crippen LogP contribution is 2.25. The monoisotopic (exact) mass is 341 g/mol. The molecule has 0 radical (unpaired) electrons. The van der Waals surface area contributed by atoms with Crippen LogP contribution in [0.25, 0.3) is 10.6 Å². The second kappa shape index (κ2) is 7.74. The van der Waals surface area contributed by atoms with Crippen molar-refractivity contribution in [3.05, 3.63) is 54.1 Å². The van der Waals surface area contributed by atoms with Gasteiger partial charge in [0, 0.05) is 47.8 Å². The molecule has 2 heterocycles. The molecule has 0 bridgehead atoms. The summed E-state index contributed by atoms with van der Waals surface area (Å²) in [7, 11) is 0. The Kier molecular flexibility index (Phi) is 5.22.